The molecule has 0 fully saturated rings. The molecule has 2 nitrogen and oxygen atoms in total. The molecule has 0 aromatic carbocycles. The molecule has 0 aliphatic heterocycles. The summed E-state index contributed by atoms with van der Waals surface area (Å²) in [6.07, 6.45) is 5.01. The lowest BCUT2D eigenvalue weighted by molar-refractivity contribution is -0.139. The number of rotatable bonds is 7. The second-order valence-corrected chi connectivity index (χ2v) is 7.08. The predicted octanol–water partition coefficient (Wildman–Crippen LogP) is 3.88. The summed E-state index contributed by atoms with van der Waals surface area (Å²) in [5, 5.41) is -0.194. The van der Waals surface area contributed by atoms with Crippen LogP contribution in [0.1, 0.15) is 39.5 Å². The van der Waals surface area contributed by atoms with Gasteiger partial charge in [0.25, 0.3) is 0 Å². The first-order valence-corrected chi connectivity index (χ1v) is 7.80. The molecule has 0 spiro atoms. The fourth-order valence-corrected chi connectivity index (χ4v) is 3.71. The van der Waals surface area contributed by atoms with Crippen LogP contribution in [0, 0.1) is 0 Å². The number of thiocarbonyl (C=S) groups is 1. The fraction of sp³-hybridized carbons (Fsp3) is 0.818. The standard InChI is InChI=1S/C11H20O2S3/c1-4-5-6-7-8-15-11(14)16-9(2)10(12)13-3/h9H,4-8H2,1-3H3/t9-/m1/s1. The largest absolute Gasteiger partial charge is 0.468 e. The average molecular weight is 280 g/mol. The molecule has 0 radical (unpaired) electrons. The number of esters is 1. The van der Waals surface area contributed by atoms with Gasteiger partial charge in [-0.05, 0) is 19.1 Å². The zero-order valence-corrected chi connectivity index (χ0v) is 12.6. The molecular weight excluding hydrogens is 260 g/mol. The van der Waals surface area contributed by atoms with Crippen molar-refractivity contribution in [1.82, 2.24) is 0 Å². The summed E-state index contributed by atoms with van der Waals surface area (Å²) in [5.74, 6) is 0.846. The van der Waals surface area contributed by atoms with Crippen LogP contribution < -0.4 is 0 Å². The van der Waals surface area contributed by atoms with Gasteiger partial charge in [0.05, 0.1) is 7.11 Å². The summed E-state index contributed by atoms with van der Waals surface area (Å²) in [5.41, 5.74) is 0. The van der Waals surface area contributed by atoms with E-state index in [1.165, 1.54) is 44.6 Å². The number of carbonyl (C=O) groups excluding carboxylic acids is 1. The fourth-order valence-electron chi connectivity index (χ4n) is 1.08. The first-order valence-electron chi connectivity index (χ1n) is 5.53. The maximum absolute atomic E-state index is 11.2. The van der Waals surface area contributed by atoms with E-state index in [0.717, 1.165) is 9.28 Å². The van der Waals surface area contributed by atoms with Crippen LogP contribution in [0.4, 0.5) is 0 Å². The first-order chi connectivity index (χ1) is 7.61. The quantitative estimate of drug-likeness (QED) is 0.400. The Hall–Kier alpha value is 0.260. The Morgan fingerprint density at radius 3 is 2.62 bits per heavy atom. The minimum atomic E-state index is -0.209. The van der Waals surface area contributed by atoms with E-state index in [4.69, 9.17) is 12.2 Å². The summed E-state index contributed by atoms with van der Waals surface area (Å²) in [6, 6.07) is 0. The smallest absolute Gasteiger partial charge is 0.318 e. The zero-order valence-electron chi connectivity index (χ0n) is 10.2. The Labute approximate surface area is 112 Å². The van der Waals surface area contributed by atoms with Gasteiger partial charge in [0, 0.05) is 0 Å². The van der Waals surface area contributed by atoms with Crippen molar-refractivity contribution in [2.24, 2.45) is 0 Å². The van der Waals surface area contributed by atoms with Gasteiger partial charge in [-0.25, -0.2) is 0 Å². The summed E-state index contributed by atoms with van der Waals surface area (Å²) in [4.78, 5) is 11.2. The van der Waals surface area contributed by atoms with E-state index < -0.39 is 0 Å². The SMILES string of the molecule is CCCCCCSC(=S)S[C@H](C)C(=O)OC. The average Bonchev–Trinajstić information content (AvgIpc) is 2.27. The van der Waals surface area contributed by atoms with Crippen LogP contribution in [0.25, 0.3) is 0 Å². The molecule has 0 aliphatic rings. The Morgan fingerprint density at radius 1 is 1.38 bits per heavy atom. The van der Waals surface area contributed by atoms with E-state index in [9.17, 15) is 4.79 Å². The number of thioether (sulfide) groups is 2. The molecule has 0 aliphatic carbocycles. The lowest BCUT2D eigenvalue weighted by Gasteiger charge is -2.08. The summed E-state index contributed by atoms with van der Waals surface area (Å²) in [7, 11) is 1.40. The van der Waals surface area contributed by atoms with E-state index in [1.54, 1.807) is 11.8 Å². The van der Waals surface area contributed by atoms with Crippen molar-refractivity contribution in [3.63, 3.8) is 0 Å². The topological polar surface area (TPSA) is 26.3 Å². The molecule has 0 rings (SSSR count). The molecular formula is C11H20O2S3. The number of ether oxygens (including phenoxy) is 1. The van der Waals surface area contributed by atoms with Gasteiger partial charge in [-0.15, -0.1) is 11.8 Å². The maximum Gasteiger partial charge on any atom is 0.318 e. The van der Waals surface area contributed by atoms with Crippen LogP contribution in [0.15, 0.2) is 0 Å². The number of methoxy groups -OCH3 is 1. The van der Waals surface area contributed by atoms with Crippen molar-refractivity contribution in [1.29, 1.82) is 0 Å². The van der Waals surface area contributed by atoms with Crippen LogP contribution in [0.5, 0.6) is 0 Å². The third-order valence-electron chi connectivity index (χ3n) is 2.02. The van der Waals surface area contributed by atoms with E-state index in [0.29, 0.717) is 0 Å². The van der Waals surface area contributed by atoms with E-state index in [2.05, 4.69) is 11.7 Å². The highest BCUT2D eigenvalue weighted by Crippen LogP contribution is 2.23. The lowest BCUT2D eigenvalue weighted by Crippen LogP contribution is -2.15. The lowest BCUT2D eigenvalue weighted by atomic mass is 10.2. The third-order valence-corrected chi connectivity index (χ3v) is 4.78. The van der Waals surface area contributed by atoms with Gasteiger partial charge in [0.1, 0.15) is 8.78 Å². The van der Waals surface area contributed by atoms with Crippen LogP contribution in [0.3, 0.4) is 0 Å². The number of unbranched alkanes of at least 4 members (excludes halogenated alkanes) is 3. The molecule has 0 saturated heterocycles. The van der Waals surface area contributed by atoms with Gasteiger partial charge >= 0.3 is 5.97 Å². The Kier molecular flexibility index (Phi) is 10.6. The molecule has 1 atom stereocenters. The van der Waals surface area contributed by atoms with Gasteiger partial charge in [0.15, 0.2) is 0 Å². The molecule has 0 heterocycles. The van der Waals surface area contributed by atoms with Crippen molar-refractivity contribution >= 4 is 45.2 Å². The highest BCUT2D eigenvalue weighted by atomic mass is 32.2. The molecule has 0 saturated carbocycles. The number of hydrogen-bond donors (Lipinski definition) is 0. The van der Waals surface area contributed by atoms with E-state index in [-0.39, 0.29) is 11.2 Å². The number of hydrogen-bond acceptors (Lipinski definition) is 5. The normalized spacial score (nSPS) is 12.2. The van der Waals surface area contributed by atoms with Crippen LogP contribution >= 0.6 is 35.7 Å². The van der Waals surface area contributed by atoms with Crippen molar-refractivity contribution in [3.05, 3.63) is 0 Å². The molecule has 0 amide bonds. The highest BCUT2D eigenvalue weighted by molar-refractivity contribution is 8.47. The van der Waals surface area contributed by atoms with Gasteiger partial charge in [0.2, 0.25) is 0 Å². The van der Waals surface area contributed by atoms with Crippen LogP contribution in [-0.4, -0.2) is 27.6 Å². The van der Waals surface area contributed by atoms with Crippen LogP contribution in [0.2, 0.25) is 0 Å². The monoisotopic (exact) mass is 280 g/mol. The second-order valence-electron chi connectivity index (χ2n) is 3.44. The summed E-state index contributed by atoms with van der Waals surface area (Å²) >= 11 is 8.28. The van der Waals surface area contributed by atoms with Gasteiger partial charge in [-0.3, -0.25) is 4.79 Å². The molecule has 0 unspecified atom stereocenters. The Bertz CT molecular complexity index is 219. The Balaban J connectivity index is 3.54. The molecule has 0 aromatic rings. The minimum absolute atomic E-state index is 0.194. The van der Waals surface area contributed by atoms with Crippen molar-refractivity contribution in [2.45, 2.75) is 44.8 Å². The van der Waals surface area contributed by atoms with Crippen molar-refractivity contribution in [3.8, 4) is 0 Å². The first kappa shape index (κ1) is 16.3. The van der Waals surface area contributed by atoms with Gasteiger partial charge in [-0.1, -0.05) is 50.2 Å². The predicted molar refractivity (Wildman–Crippen MR) is 78.3 cm³/mol. The van der Waals surface area contributed by atoms with E-state index >= 15 is 0 Å². The molecule has 0 aromatic heterocycles. The van der Waals surface area contributed by atoms with Crippen molar-refractivity contribution in [2.75, 3.05) is 12.9 Å². The minimum Gasteiger partial charge on any atom is -0.468 e. The zero-order chi connectivity index (χ0) is 12.4. The van der Waals surface area contributed by atoms with Gasteiger partial charge in [-0.2, -0.15) is 0 Å². The van der Waals surface area contributed by atoms with Gasteiger partial charge < -0.3 is 4.74 Å². The molecule has 0 bridgehead atoms. The molecule has 0 N–H and O–H groups in total. The Morgan fingerprint density at radius 2 is 2.06 bits per heavy atom. The molecule has 16 heavy (non-hydrogen) atoms. The molecule has 94 valence electrons. The summed E-state index contributed by atoms with van der Waals surface area (Å²) < 4.78 is 5.48. The molecule has 5 heteroatoms. The maximum atomic E-state index is 11.2. The second kappa shape index (κ2) is 10.4. The van der Waals surface area contributed by atoms with E-state index in [1.807, 2.05) is 6.92 Å². The third kappa shape index (κ3) is 8.42. The van der Waals surface area contributed by atoms with Crippen molar-refractivity contribution < 1.29 is 9.53 Å². The number of carbonyl (C=O) groups is 1. The van der Waals surface area contributed by atoms with Crippen LogP contribution in [-0.2, 0) is 9.53 Å². The summed E-state index contributed by atoms with van der Waals surface area (Å²) in [6.45, 7) is 4.02. The highest BCUT2D eigenvalue weighted by Gasteiger charge is 2.15.